The summed E-state index contributed by atoms with van der Waals surface area (Å²) in [6.45, 7) is 0. The Kier molecular flexibility index (Phi) is 2.79. The van der Waals surface area contributed by atoms with E-state index in [-0.39, 0.29) is 5.56 Å². The van der Waals surface area contributed by atoms with Crippen molar-refractivity contribution in [2.75, 3.05) is 0 Å². The first-order valence-corrected chi connectivity index (χ1v) is 6.77. The number of rotatable bonds is 2. The van der Waals surface area contributed by atoms with Gasteiger partial charge >= 0.3 is 0 Å². The first kappa shape index (κ1) is 12.5. The molecule has 0 saturated carbocycles. The number of aromatic amines is 1. The highest BCUT2D eigenvalue weighted by Gasteiger charge is 2.10. The second kappa shape index (κ2) is 4.92. The first-order valence-electron chi connectivity index (χ1n) is 6.77. The SMILES string of the molecule is O=c1cc(-c2ccccc2)nc2nc(-c3cccnc3)[nH]n12. The molecule has 22 heavy (non-hydrogen) atoms. The maximum atomic E-state index is 12.3. The zero-order valence-corrected chi connectivity index (χ0v) is 11.5. The van der Waals surface area contributed by atoms with Gasteiger partial charge in [0.15, 0.2) is 5.82 Å². The Labute approximate surface area is 125 Å². The van der Waals surface area contributed by atoms with Gasteiger partial charge in [-0.15, -0.1) is 0 Å². The molecule has 0 radical (unpaired) electrons. The molecular formula is C16H11N5O. The standard InChI is InChI=1S/C16H11N5O/c22-14-9-13(11-5-2-1-3-6-11)18-16-19-15(20-21(14)16)12-7-4-8-17-10-12/h1-10H,(H,18,19,20). The molecule has 0 bridgehead atoms. The first-order chi connectivity index (χ1) is 10.8. The van der Waals surface area contributed by atoms with Gasteiger partial charge in [-0.3, -0.25) is 14.9 Å². The van der Waals surface area contributed by atoms with E-state index in [2.05, 4.69) is 20.1 Å². The van der Waals surface area contributed by atoms with Crippen molar-refractivity contribution < 1.29 is 0 Å². The normalized spacial score (nSPS) is 10.9. The smallest absolute Gasteiger partial charge is 0.271 e. The van der Waals surface area contributed by atoms with Crippen LogP contribution in [-0.2, 0) is 0 Å². The summed E-state index contributed by atoms with van der Waals surface area (Å²) >= 11 is 0. The van der Waals surface area contributed by atoms with Crippen molar-refractivity contribution in [3.63, 3.8) is 0 Å². The largest absolute Gasteiger partial charge is 0.274 e. The van der Waals surface area contributed by atoms with Crippen LogP contribution in [0.3, 0.4) is 0 Å². The maximum absolute atomic E-state index is 12.3. The maximum Gasteiger partial charge on any atom is 0.274 e. The third kappa shape index (κ3) is 2.07. The molecule has 0 aliphatic heterocycles. The van der Waals surface area contributed by atoms with Crippen LogP contribution >= 0.6 is 0 Å². The van der Waals surface area contributed by atoms with Crippen molar-refractivity contribution in [3.8, 4) is 22.6 Å². The predicted octanol–water partition coefficient (Wildman–Crippen LogP) is 2.15. The quantitative estimate of drug-likeness (QED) is 0.613. The van der Waals surface area contributed by atoms with Gasteiger partial charge in [0.25, 0.3) is 11.3 Å². The van der Waals surface area contributed by atoms with Gasteiger partial charge in [0.05, 0.1) is 5.69 Å². The Hall–Kier alpha value is -3.28. The molecule has 0 unspecified atom stereocenters. The lowest BCUT2D eigenvalue weighted by Crippen LogP contribution is -2.14. The molecule has 6 nitrogen and oxygen atoms in total. The highest BCUT2D eigenvalue weighted by Crippen LogP contribution is 2.17. The summed E-state index contributed by atoms with van der Waals surface area (Å²) in [5.74, 6) is 0.896. The van der Waals surface area contributed by atoms with E-state index >= 15 is 0 Å². The van der Waals surface area contributed by atoms with Crippen LogP contribution in [-0.4, -0.2) is 24.6 Å². The van der Waals surface area contributed by atoms with Crippen molar-refractivity contribution in [3.05, 3.63) is 71.3 Å². The summed E-state index contributed by atoms with van der Waals surface area (Å²) in [4.78, 5) is 25.1. The zero-order valence-electron chi connectivity index (χ0n) is 11.5. The molecule has 1 aromatic carbocycles. The van der Waals surface area contributed by atoms with Gasteiger partial charge in [-0.05, 0) is 12.1 Å². The van der Waals surface area contributed by atoms with Crippen molar-refractivity contribution in [2.45, 2.75) is 0 Å². The van der Waals surface area contributed by atoms with Gasteiger partial charge < -0.3 is 0 Å². The molecule has 0 aliphatic rings. The van der Waals surface area contributed by atoms with E-state index in [4.69, 9.17) is 0 Å². The molecule has 3 aromatic heterocycles. The fourth-order valence-electron chi connectivity index (χ4n) is 2.27. The number of hydrogen-bond acceptors (Lipinski definition) is 4. The fourth-order valence-corrected chi connectivity index (χ4v) is 2.27. The van der Waals surface area contributed by atoms with Gasteiger partial charge in [-0.1, -0.05) is 30.3 Å². The Bertz CT molecular complexity index is 989. The van der Waals surface area contributed by atoms with Crippen LogP contribution in [0.2, 0.25) is 0 Å². The lowest BCUT2D eigenvalue weighted by molar-refractivity contribution is 0.903. The summed E-state index contributed by atoms with van der Waals surface area (Å²) < 4.78 is 1.33. The summed E-state index contributed by atoms with van der Waals surface area (Å²) in [5.41, 5.74) is 2.09. The van der Waals surface area contributed by atoms with Crippen LogP contribution < -0.4 is 5.56 Å². The number of nitrogens with one attached hydrogen (secondary N) is 1. The number of aromatic nitrogens is 5. The van der Waals surface area contributed by atoms with Gasteiger partial charge in [-0.25, -0.2) is 4.98 Å². The summed E-state index contributed by atoms with van der Waals surface area (Å²) in [6, 6.07) is 14.7. The minimum atomic E-state index is -0.202. The van der Waals surface area contributed by atoms with E-state index < -0.39 is 0 Å². The monoisotopic (exact) mass is 289 g/mol. The molecule has 0 atom stereocenters. The van der Waals surface area contributed by atoms with Crippen LogP contribution in [0.25, 0.3) is 28.4 Å². The second-order valence-electron chi connectivity index (χ2n) is 4.79. The molecule has 0 amide bonds. The average molecular weight is 289 g/mol. The van der Waals surface area contributed by atoms with Crippen molar-refractivity contribution in [2.24, 2.45) is 0 Å². The van der Waals surface area contributed by atoms with E-state index in [9.17, 15) is 4.79 Å². The molecular weight excluding hydrogens is 278 g/mol. The van der Waals surface area contributed by atoms with E-state index in [1.54, 1.807) is 12.4 Å². The average Bonchev–Trinajstić information content (AvgIpc) is 3.01. The van der Waals surface area contributed by atoms with Gasteiger partial charge in [0.2, 0.25) is 0 Å². The molecule has 4 aromatic rings. The van der Waals surface area contributed by atoms with Gasteiger partial charge in [-0.2, -0.15) is 9.50 Å². The minimum absolute atomic E-state index is 0.202. The summed E-state index contributed by atoms with van der Waals surface area (Å²) in [7, 11) is 0. The summed E-state index contributed by atoms with van der Waals surface area (Å²) in [6.07, 6.45) is 3.37. The van der Waals surface area contributed by atoms with E-state index in [1.807, 2.05) is 42.5 Å². The highest BCUT2D eigenvalue weighted by molar-refractivity contribution is 5.61. The van der Waals surface area contributed by atoms with Crippen LogP contribution in [0.4, 0.5) is 0 Å². The lowest BCUT2D eigenvalue weighted by Gasteiger charge is -1.99. The zero-order chi connectivity index (χ0) is 14.9. The second-order valence-corrected chi connectivity index (χ2v) is 4.79. The predicted molar refractivity (Wildman–Crippen MR) is 82.3 cm³/mol. The molecule has 106 valence electrons. The number of nitrogens with zero attached hydrogens (tertiary/aromatic N) is 4. The van der Waals surface area contributed by atoms with E-state index in [1.165, 1.54) is 10.6 Å². The lowest BCUT2D eigenvalue weighted by atomic mass is 10.1. The molecule has 0 spiro atoms. The third-order valence-corrected chi connectivity index (χ3v) is 3.34. The third-order valence-electron chi connectivity index (χ3n) is 3.34. The Morgan fingerprint density at radius 1 is 0.955 bits per heavy atom. The van der Waals surface area contributed by atoms with Crippen molar-refractivity contribution >= 4 is 5.78 Å². The summed E-state index contributed by atoms with van der Waals surface area (Å²) in [5, 5.41) is 2.95. The molecule has 4 rings (SSSR count). The molecule has 6 heteroatoms. The van der Waals surface area contributed by atoms with Crippen molar-refractivity contribution in [1.82, 2.24) is 24.6 Å². The Morgan fingerprint density at radius 2 is 1.77 bits per heavy atom. The Morgan fingerprint density at radius 3 is 2.55 bits per heavy atom. The van der Waals surface area contributed by atoms with Crippen LogP contribution in [0, 0.1) is 0 Å². The van der Waals surface area contributed by atoms with Gasteiger partial charge in [0, 0.05) is 29.6 Å². The minimum Gasteiger partial charge on any atom is -0.271 e. The van der Waals surface area contributed by atoms with E-state index in [0.717, 1.165) is 11.1 Å². The number of fused-ring (bicyclic) bond motifs is 1. The number of benzene rings is 1. The fraction of sp³-hybridized carbons (Fsp3) is 0. The molecule has 0 saturated heterocycles. The van der Waals surface area contributed by atoms with Crippen LogP contribution in [0.15, 0.2) is 65.7 Å². The molecule has 0 aliphatic carbocycles. The highest BCUT2D eigenvalue weighted by atomic mass is 16.1. The molecule has 3 heterocycles. The van der Waals surface area contributed by atoms with Crippen LogP contribution in [0.5, 0.6) is 0 Å². The van der Waals surface area contributed by atoms with Crippen LogP contribution in [0.1, 0.15) is 0 Å². The topological polar surface area (TPSA) is 75.9 Å². The molecule has 0 fully saturated rings. The van der Waals surface area contributed by atoms with E-state index in [0.29, 0.717) is 17.3 Å². The van der Waals surface area contributed by atoms with Crippen molar-refractivity contribution in [1.29, 1.82) is 0 Å². The molecule has 1 N–H and O–H groups in total. The number of pyridine rings is 1. The number of H-pyrrole nitrogens is 1. The Balaban J connectivity index is 1.91. The number of hydrogen-bond donors (Lipinski definition) is 1. The van der Waals surface area contributed by atoms with Gasteiger partial charge in [0.1, 0.15) is 0 Å².